The highest BCUT2D eigenvalue weighted by atomic mass is 32.1. The Morgan fingerprint density at radius 2 is 2.09 bits per heavy atom. The normalized spacial score (nSPS) is 18.5. The van der Waals surface area contributed by atoms with Gasteiger partial charge in [-0.05, 0) is 57.7 Å². The van der Waals surface area contributed by atoms with Gasteiger partial charge in [0.25, 0.3) is 0 Å². The second kappa shape index (κ2) is 8.90. The Morgan fingerprint density at radius 3 is 2.88 bits per heavy atom. The third-order valence-electron chi connectivity index (χ3n) is 5.47. The van der Waals surface area contributed by atoms with E-state index in [1.807, 2.05) is 44.4 Å². The number of carbonyl (C=O) groups is 3. The number of nitrogens with one attached hydrogen (secondary N) is 2. The average molecular weight is 457 g/mol. The maximum Gasteiger partial charge on any atom is 0.410 e. The van der Waals surface area contributed by atoms with Crippen molar-refractivity contribution in [3.8, 4) is 11.3 Å². The number of likely N-dealkylation sites (tertiary alicyclic amines) is 1. The summed E-state index contributed by atoms with van der Waals surface area (Å²) in [4.78, 5) is 42.9. The van der Waals surface area contributed by atoms with Crippen LogP contribution in [0.15, 0.2) is 23.6 Å². The molecule has 1 saturated heterocycles. The Labute approximate surface area is 191 Å². The van der Waals surface area contributed by atoms with E-state index in [4.69, 9.17) is 4.74 Å². The minimum absolute atomic E-state index is 0.0388. The van der Waals surface area contributed by atoms with Crippen molar-refractivity contribution in [3.05, 3.63) is 29.1 Å². The number of aromatic nitrogens is 1. The molecule has 1 atom stereocenters. The van der Waals surface area contributed by atoms with Gasteiger partial charge in [-0.1, -0.05) is 6.07 Å². The van der Waals surface area contributed by atoms with E-state index in [1.54, 1.807) is 4.90 Å². The molecule has 1 fully saturated rings. The number of hydrogen-bond acceptors (Lipinski definition) is 6. The van der Waals surface area contributed by atoms with Gasteiger partial charge in [0.2, 0.25) is 11.8 Å². The summed E-state index contributed by atoms with van der Waals surface area (Å²) in [5, 5.41) is 8.23. The van der Waals surface area contributed by atoms with E-state index < -0.39 is 5.60 Å². The quantitative estimate of drug-likeness (QED) is 0.718. The number of ether oxygens (including phenoxy) is 1. The summed E-state index contributed by atoms with van der Waals surface area (Å²) in [6, 6.07) is 5.85. The van der Waals surface area contributed by atoms with Crippen LogP contribution in [0.4, 0.5) is 15.6 Å². The number of anilines is 2. The highest BCUT2D eigenvalue weighted by molar-refractivity contribution is 7.14. The Morgan fingerprint density at radius 1 is 1.28 bits per heavy atom. The molecule has 2 aromatic rings. The number of nitrogens with zero attached hydrogens (tertiary/aromatic N) is 2. The average Bonchev–Trinajstić information content (AvgIpc) is 3.20. The lowest BCUT2D eigenvalue weighted by Gasteiger charge is -2.33. The van der Waals surface area contributed by atoms with Crippen molar-refractivity contribution in [3.63, 3.8) is 0 Å². The van der Waals surface area contributed by atoms with E-state index in [2.05, 4.69) is 15.6 Å². The second-order valence-corrected chi connectivity index (χ2v) is 10.1. The molecule has 0 saturated carbocycles. The number of carbonyl (C=O) groups excluding carboxylic acids is 3. The molecule has 0 radical (unpaired) electrons. The molecule has 1 aromatic carbocycles. The number of hydrogen-bond donors (Lipinski definition) is 2. The molecule has 1 aromatic heterocycles. The molecule has 32 heavy (non-hydrogen) atoms. The monoisotopic (exact) mass is 456 g/mol. The summed E-state index contributed by atoms with van der Waals surface area (Å²) in [6.07, 6.45) is 2.29. The SMILES string of the molecule is CC(C)(C)OC(=O)N1CCC[C@@H](C(=O)Nc2nc(-c3ccc4c(c3)CCC(=O)N4)cs2)C1. The fourth-order valence-electron chi connectivity index (χ4n) is 3.90. The van der Waals surface area contributed by atoms with Crippen molar-refractivity contribution < 1.29 is 19.1 Å². The molecule has 8 nitrogen and oxygen atoms in total. The van der Waals surface area contributed by atoms with Gasteiger partial charge in [0.1, 0.15) is 5.60 Å². The largest absolute Gasteiger partial charge is 0.444 e. The van der Waals surface area contributed by atoms with E-state index >= 15 is 0 Å². The number of piperidine rings is 1. The third kappa shape index (κ3) is 5.27. The summed E-state index contributed by atoms with van der Waals surface area (Å²) in [7, 11) is 0. The third-order valence-corrected chi connectivity index (χ3v) is 6.23. The van der Waals surface area contributed by atoms with E-state index in [0.29, 0.717) is 31.1 Å². The van der Waals surface area contributed by atoms with E-state index in [9.17, 15) is 14.4 Å². The standard InChI is InChI=1S/C23H28N4O4S/c1-23(2,3)31-22(30)27-10-4-5-16(12-27)20(29)26-21-25-18(13-32-21)15-6-8-17-14(11-15)7-9-19(28)24-17/h6,8,11,13,16H,4-5,7,9-10,12H2,1-3H3,(H,24,28)(H,25,26,29)/t16-/m1/s1. The molecule has 2 aliphatic rings. The van der Waals surface area contributed by atoms with E-state index in [1.165, 1.54) is 11.3 Å². The second-order valence-electron chi connectivity index (χ2n) is 9.21. The van der Waals surface area contributed by atoms with Crippen molar-refractivity contribution in [2.24, 2.45) is 5.92 Å². The van der Waals surface area contributed by atoms with Crippen LogP contribution in [-0.4, -0.2) is 46.5 Å². The van der Waals surface area contributed by atoms with E-state index in [-0.39, 0.29) is 23.8 Å². The van der Waals surface area contributed by atoms with Crippen LogP contribution in [0.5, 0.6) is 0 Å². The summed E-state index contributed by atoms with van der Waals surface area (Å²) >= 11 is 1.37. The predicted octanol–water partition coefficient (Wildman–Crippen LogP) is 4.28. The molecule has 4 rings (SSSR count). The number of rotatable bonds is 3. The first-order valence-corrected chi connectivity index (χ1v) is 11.7. The van der Waals surface area contributed by atoms with Crippen LogP contribution in [0.3, 0.4) is 0 Å². The fourth-order valence-corrected chi connectivity index (χ4v) is 4.62. The highest BCUT2D eigenvalue weighted by Crippen LogP contribution is 2.31. The lowest BCUT2D eigenvalue weighted by atomic mass is 9.97. The van der Waals surface area contributed by atoms with Crippen LogP contribution < -0.4 is 10.6 Å². The minimum Gasteiger partial charge on any atom is -0.444 e. The van der Waals surface area contributed by atoms with Crippen LogP contribution in [0, 0.1) is 5.92 Å². The van der Waals surface area contributed by atoms with Gasteiger partial charge in [-0.25, -0.2) is 9.78 Å². The van der Waals surface area contributed by atoms with Gasteiger partial charge in [0.15, 0.2) is 5.13 Å². The van der Waals surface area contributed by atoms with Gasteiger partial charge in [-0.2, -0.15) is 0 Å². The summed E-state index contributed by atoms with van der Waals surface area (Å²) in [6.45, 7) is 6.43. The Bertz CT molecular complexity index is 1040. The molecule has 0 spiro atoms. The van der Waals surface area contributed by atoms with Crippen LogP contribution in [0.2, 0.25) is 0 Å². The van der Waals surface area contributed by atoms with Gasteiger partial charge >= 0.3 is 6.09 Å². The van der Waals surface area contributed by atoms with Crippen molar-refractivity contribution in [2.45, 2.75) is 52.1 Å². The summed E-state index contributed by atoms with van der Waals surface area (Å²) in [5.41, 5.74) is 3.10. The predicted molar refractivity (Wildman–Crippen MR) is 124 cm³/mol. The number of aryl methyl sites for hydroxylation is 1. The van der Waals surface area contributed by atoms with Crippen molar-refractivity contribution in [1.29, 1.82) is 0 Å². The van der Waals surface area contributed by atoms with Crippen LogP contribution in [0.25, 0.3) is 11.3 Å². The van der Waals surface area contributed by atoms with Crippen molar-refractivity contribution in [2.75, 3.05) is 23.7 Å². The first-order chi connectivity index (χ1) is 15.2. The lowest BCUT2D eigenvalue weighted by Crippen LogP contribution is -2.45. The molecule has 170 valence electrons. The molecule has 2 N–H and O–H groups in total. The highest BCUT2D eigenvalue weighted by Gasteiger charge is 2.31. The zero-order valence-electron chi connectivity index (χ0n) is 18.6. The zero-order chi connectivity index (χ0) is 22.9. The summed E-state index contributed by atoms with van der Waals surface area (Å²) < 4.78 is 5.44. The topological polar surface area (TPSA) is 101 Å². The van der Waals surface area contributed by atoms with Crippen molar-refractivity contribution in [1.82, 2.24) is 9.88 Å². The minimum atomic E-state index is -0.564. The zero-order valence-corrected chi connectivity index (χ0v) is 19.4. The molecule has 3 heterocycles. The van der Waals surface area contributed by atoms with Gasteiger partial charge < -0.3 is 20.3 Å². The van der Waals surface area contributed by atoms with Gasteiger partial charge in [0.05, 0.1) is 11.6 Å². The van der Waals surface area contributed by atoms with Gasteiger partial charge in [-0.15, -0.1) is 11.3 Å². The summed E-state index contributed by atoms with van der Waals surface area (Å²) in [5.74, 6) is -0.389. The molecule has 0 aliphatic carbocycles. The molecule has 3 amide bonds. The lowest BCUT2D eigenvalue weighted by molar-refractivity contribution is -0.121. The maximum atomic E-state index is 12.8. The Kier molecular flexibility index (Phi) is 6.19. The fraction of sp³-hybridized carbons (Fsp3) is 0.478. The van der Waals surface area contributed by atoms with Crippen LogP contribution in [-0.2, 0) is 20.7 Å². The first kappa shape index (κ1) is 22.3. The number of benzene rings is 1. The van der Waals surface area contributed by atoms with Gasteiger partial charge in [0, 0.05) is 36.1 Å². The van der Waals surface area contributed by atoms with Gasteiger partial charge in [-0.3, -0.25) is 9.59 Å². The first-order valence-electron chi connectivity index (χ1n) is 10.9. The molecule has 0 unspecified atom stereocenters. The maximum absolute atomic E-state index is 12.8. The van der Waals surface area contributed by atoms with Crippen LogP contribution >= 0.6 is 11.3 Å². The Balaban J connectivity index is 1.38. The molecule has 2 aliphatic heterocycles. The molecular weight excluding hydrogens is 428 g/mol. The molecular formula is C23H28N4O4S. The molecule has 9 heteroatoms. The number of fused-ring (bicyclic) bond motifs is 1. The van der Waals surface area contributed by atoms with E-state index in [0.717, 1.165) is 35.3 Å². The van der Waals surface area contributed by atoms with Crippen LogP contribution in [0.1, 0.15) is 45.6 Å². The Hall–Kier alpha value is -2.94. The number of thiazole rings is 1. The number of amides is 3. The van der Waals surface area contributed by atoms with Crippen molar-refractivity contribution >= 4 is 40.1 Å². The molecule has 0 bridgehead atoms. The smallest absolute Gasteiger partial charge is 0.410 e.